The van der Waals surface area contributed by atoms with E-state index in [-0.39, 0.29) is 10.6 Å². The van der Waals surface area contributed by atoms with Crippen molar-refractivity contribution in [2.24, 2.45) is 0 Å². The highest BCUT2D eigenvalue weighted by atomic mass is 32.2. The molecular formula is C21H17N3O5S. The van der Waals surface area contributed by atoms with E-state index in [0.717, 1.165) is 5.56 Å². The lowest BCUT2D eigenvalue weighted by molar-refractivity contribution is -0.384. The number of aryl methyl sites for hydroxylation is 1. The van der Waals surface area contributed by atoms with E-state index >= 15 is 0 Å². The summed E-state index contributed by atoms with van der Waals surface area (Å²) < 4.78 is 32.8. The van der Waals surface area contributed by atoms with Crippen LogP contribution in [0, 0.1) is 17.0 Å². The largest absolute Gasteiger partial charge is 0.496 e. The van der Waals surface area contributed by atoms with Gasteiger partial charge in [0.15, 0.2) is 0 Å². The molecule has 0 bridgehead atoms. The number of non-ortho nitro benzene ring substituents is 1. The number of nitro groups is 1. The minimum atomic E-state index is -3.83. The molecule has 0 aliphatic carbocycles. The summed E-state index contributed by atoms with van der Waals surface area (Å²) in [7, 11) is -2.37. The normalized spacial score (nSPS) is 11.5. The Hall–Kier alpha value is -3.72. The first kappa shape index (κ1) is 19.6. The van der Waals surface area contributed by atoms with Crippen LogP contribution < -0.4 is 4.74 Å². The molecule has 30 heavy (non-hydrogen) atoms. The fourth-order valence-electron chi connectivity index (χ4n) is 3.19. The molecule has 0 saturated heterocycles. The van der Waals surface area contributed by atoms with Gasteiger partial charge in [-0.05, 0) is 37.3 Å². The number of hydrogen-bond acceptors (Lipinski definition) is 6. The molecule has 0 unspecified atom stereocenters. The lowest BCUT2D eigenvalue weighted by Gasteiger charge is -2.10. The molecule has 9 heteroatoms. The van der Waals surface area contributed by atoms with Crippen molar-refractivity contribution in [1.82, 2.24) is 8.96 Å². The molecule has 4 rings (SSSR count). The van der Waals surface area contributed by atoms with Gasteiger partial charge in [-0.1, -0.05) is 17.7 Å². The molecule has 0 spiro atoms. The van der Waals surface area contributed by atoms with Gasteiger partial charge in [0.1, 0.15) is 5.75 Å². The van der Waals surface area contributed by atoms with E-state index in [0.29, 0.717) is 27.9 Å². The Kier molecular flexibility index (Phi) is 4.75. The number of rotatable bonds is 5. The van der Waals surface area contributed by atoms with Crippen LogP contribution in [0.25, 0.3) is 22.2 Å². The van der Waals surface area contributed by atoms with E-state index in [1.54, 1.807) is 36.4 Å². The van der Waals surface area contributed by atoms with E-state index in [1.807, 2.05) is 6.92 Å². The zero-order valence-electron chi connectivity index (χ0n) is 16.1. The number of fused-ring (bicyclic) bond motifs is 1. The van der Waals surface area contributed by atoms with Crippen LogP contribution in [0.3, 0.4) is 0 Å². The fraction of sp³-hybridized carbons (Fsp3) is 0.0952. The number of nitro benzene ring substituents is 1. The third-order valence-corrected chi connectivity index (χ3v) is 6.49. The lowest BCUT2D eigenvalue weighted by Crippen LogP contribution is -2.11. The van der Waals surface area contributed by atoms with Crippen molar-refractivity contribution in [3.8, 4) is 17.0 Å². The summed E-state index contributed by atoms with van der Waals surface area (Å²) in [5.41, 5.74) is 2.01. The summed E-state index contributed by atoms with van der Waals surface area (Å²) in [5.74, 6) is 0.395. The van der Waals surface area contributed by atoms with Gasteiger partial charge in [0.2, 0.25) is 0 Å². The van der Waals surface area contributed by atoms with E-state index in [4.69, 9.17) is 4.74 Å². The van der Waals surface area contributed by atoms with Gasteiger partial charge in [-0.2, -0.15) is 0 Å². The number of ether oxygens (including phenoxy) is 1. The molecule has 0 aliphatic heterocycles. The first-order valence-corrected chi connectivity index (χ1v) is 10.4. The van der Waals surface area contributed by atoms with Gasteiger partial charge in [-0.15, -0.1) is 0 Å². The molecule has 2 heterocycles. The second kappa shape index (κ2) is 7.27. The highest BCUT2D eigenvalue weighted by Gasteiger charge is 2.20. The first-order chi connectivity index (χ1) is 14.3. The van der Waals surface area contributed by atoms with Gasteiger partial charge in [0, 0.05) is 35.5 Å². The average molecular weight is 423 g/mol. The first-order valence-electron chi connectivity index (χ1n) is 8.93. The average Bonchev–Trinajstić information content (AvgIpc) is 3.17. The number of benzene rings is 2. The predicted molar refractivity (Wildman–Crippen MR) is 112 cm³/mol. The zero-order chi connectivity index (χ0) is 21.5. The molecule has 4 aromatic rings. The second-order valence-corrected chi connectivity index (χ2v) is 8.51. The van der Waals surface area contributed by atoms with E-state index in [2.05, 4.69) is 4.98 Å². The Labute approximate surface area is 172 Å². The van der Waals surface area contributed by atoms with Gasteiger partial charge in [0.25, 0.3) is 15.7 Å². The Morgan fingerprint density at radius 2 is 1.80 bits per heavy atom. The van der Waals surface area contributed by atoms with E-state index < -0.39 is 14.9 Å². The van der Waals surface area contributed by atoms with Crippen LogP contribution >= 0.6 is 0 Å². The van der Waals surface area contributed by atoms with Crippen LogP contribution in [-0.4, -0.2) is 29.4 Å². The predicted octanol–water partition coefficient (Wildman–Crippen LogP) is 4.17. The second-order valence-electron chi connectivity index (χ2n) is 6.70. The monoisotopic (exact) mass is 423 g/mol. The summed E-state index contributed by atoms with van der Waals surface area (Å²) in [6, 6.07) is 14.0. The van der Waals surface area contributed by atoms with Crippen molar-refractivity contribution in [1.29, 1.82) is 0 Å². The molecule has 0 atom stereocenters. The van der Waals surface area contributed by atoms with Crippen LogP contribution in [0.5, 0.6) is 5.75 Å². The highest BCUT2D eigenvalue weighted by Crippen LogP contribution is 2.34. The SMILES string of the molecule is COc1ccc([N+](=O)[O-])cc1-c1cc2c(ccn2S(=O)(=O)c2ccc(C)cc2)cn1. The summed E-state index contributed by atoms with van der Waals surface area (Å²) in [5, 5.41) is 11.8. The smallest absolute Gasteiger partial charge is 0.270 e. The molecule has 0 radical (unpaired) electrons. The molecule has 2 aromatic heterocycles. The Balaban J connectivity index is 1.90. The van der Waals surface area contributed by atoms with E-state index in [1.165, 1.54) is 41.7 Å². The maximum absolute atomic E-state index is 13.2. The molecule has 2 aromatic carbocycles. The summed E-state index contributed by atoms with van der Waals surface area (Å²) in [4.78, 5) is 15.2. The van der Waals surface area contributed by atoms with Crippen LogP contribution in [0.4, 0.5) is 5.69 Å². The highest BCUT2D eigenvalue weighted by molar-refractivity contribution is 7.90. The number of pyridine rings is 1. The number of hydrogen-bond donors (Lipinski definition) is 0. The topological polar surface area (TPSA) is 104 Å². The lowest BCUT2D eigenvalue weighted by atomic mass is 10.1. The van der Waals surface area contributed by atoms with Gasteiger partial charge in [-0.3, -0.25) is 15.1 Å². The number of nitrogens with zero attached hydrogens (tertiary/aromatic N) is 3. The fourth-order valence-corrected chi connectivity index (χ4v) is 4.54. The molecule has 8 nitrogen and oxygen atoms in total. The van der Waals surface area contributed by atoms with Gasteiger partial charge in [0.05, 0.1) is 28.1 Å². The van der Waals surface area contributed by atoms with Crippen LogP contribution in [0.1, 0.15) is 5.56 Å². The summed E-state index contributed by atoms with van der Waals surface area (Å²) >= 11 is 0. The summed E-state index contributed by atoms with van der Waals surface area (Å²) in [6.07, 6.45) is 3.00. The minimum absolute atomic E-state index is 0.115. The maximum Gasteiger partial charge on any atom is 0.270 e. The molecular weight excluding hydrogens is 406 g/mol. The number of aromatic nitrogens is 2. The van der Waals surface area contributed by atoms with Crippen molar-refractivity contribution in [2.75, 3.05) is 7.11 Å². The van der Waals surface area contributed by atoms with Crippen molar-refractivity contribution in [3.63, 3.8) is 0 Å². The zero-order valence-corrected chi connectivity index (χ0v) is 17.0. The van der Waals surface area contributed by atoms with Crippen LogP contribution in [0.2, 0.25) is 0 Å². The third-order valence-electron chi connectivity index (χ3n) is 4.79. The van der Waals surface area contributed by atoms with Gasteiger partial charge in [-0.25, -0.2) is 12.4 Å². The Bertz CT molecular complexity index is 1380. The molecule has 0 fully saturated rings. The Morgan fingerprint density at radius 1 is 1.07 bits per heavy atom. The van der Waals surface area contributed by atoms with Crippen molar-refractivity contribution < 1.29 is 18.1 Å². The van der Waals surface area contributed by atoms with Crippen molar-refractivity contribution in [3.05, 3.63) is 82.7 Å². The third kappa shape index (κ3) is 3.29. The summed E-state index contributed by atoms with van der Waals surface area (Å²) in [6.45, 7) is 1.88. The maximum atomic E-state index is 13.2. The molecule has 0 saturated carbocycles. The van der Waals surface area contributed by atoms with Crippen LogP contribution in [-0.2, 0) is 10.0 Å². The van der Waals surface area contributed by atoms with E-state index in [9.17, 15) is 18.5 Å². The van der Waals surface area contributed by atoms with Crippen molar-refractivity contribution >= 4 is 26.6 Å². The molecule has 152 valence electrons. The number of methoxy groups -OCH3 is 1. The minimum Gasteiger partial charge on any atom is -0.496 e. The molecule has 0 N–H and O–H groups in total. The van der Waals surface area contributed by atoms with Crippen LogP contribution in [0.15, 0.2) is 71.9 Å². The molecule has 0 amide bonds. The standard InChI is InChI=1S/C21H17N3O5S/c1-14-3-6-17(7-4-14)30(27,28)23-10-9-15-13-22-19(12-20(15)23)18-11-16(24(25)26)5-8-21(18)29-2/h3-13H,1-2H3. The molecule has 0 aliphatic rings. The Morgan fingerprint density at radius 3 is 2.47 bits per heavy atom. The van der Waals surface area contributed by atoms with Crippen molar-refractivity contribution in [2.45, 2.75) is 11.8 Å². The van der Waals surface area contributed by atoms with Gasteiger partial charge >= 0.3 is 0 Å². The van der Waals surface area contributed by atoms with Gasteiger partial charge < -0.3 is 4.74 Å². The quantitative estimate of drug-likeness (QED) is 0.352.